The summed E-state index contributed by atoms with van der Waals surface area (Å²) < 4.78 is 16.3. The van der Waals surface area contributed by atoms with Gasteiger partial charge in [-0.25, -0.2) is 9.59 Å². The number of carbonyl (C=O) groups is 3. The minimum atomic E-state index is -0.703. The van der Waals surface area contributed by atoms with E-state index in [1.807, 2.05) is 4.90 Å². The predicted molar refractivity (Wildman–Crippen MR) is 113 cm³/mol. The smallest absolute Gasteiger partial charge is 0.338 e. The molecule has 0 bridgehead atoms. The summed E-state index contributed by atoms with van der Waals surface area (Å²) in [6.07, 6.45) is 3.18. The van der Waals surface area contributed by atoms with E-state index in [0.29, 0.717) is 28.3 Å². The number of ether oxygens (including phenoxy) is 3. The van der Waals surface area contributed by atoms with E-state index < -0.39 is 18.0 Å². The van der Waals surface area contributed by atoms with Crippen LogP contribution in [0.2, 0.25) is 0 Å². The zero-order chi connectivity index (χ0) is 22.4. The molecule has 2 aliphatic rings. The second-order valence-electron chi connectivity index (χ2n) is 7.43. The molecule has 0 spiro atoms. The molecule has 0 saturated carbocycles. The van der Waals surface area contributed by atoms with Gasteiger partial charge in [-0.3, -0.25) is 4.79 Å². The SMILES string of the molecule is CCOC(=O)C1=C(C)NC(=O)N[C@@H]1c1ccc(OCC(=O)N2CCCCC2)c(OC)c1. The lowest BCUT2D eigenvalue weighted by molar-refractivity contribution is -0.139. The molecule has 1 atom stereocenters. The van der Waals surface area contributed by atoms with Gasteiger partial charge in [0.15, 0.2) is 18.1 Å². The van der Waals surface area contributed by atoms with Crippen molar-refractivity contribution >= 4 is 17.9 Å². The van der Waals surface area contributed by atoms with Crippen molar-refractivity contribution in [3.63, 3.8) is 0 Å². The Morgan fingerprint density at radius 2 is 1.90 bits per heavy atom. The van der Waals surface area contributed by atoms with Gasteiger partial charge in [0.25, 0.3) is 5.91 Å². The highest BCUT2D eigenvalue weighted by atomic mass is 16.5. The van der Waals surface area contributed by atoms with Gasteiger partial charge in [0, 0.05) is 18.8 Å². The summed E-state index contributed by atoms with van der Waals surface area (Å²) in [4.78, 5) is 38.7. The number of hydrogen-bond acceptors (Lipinski definition) is 6. The highest BCUT2D eigenvalue weighted by molar-refractivity contribution is 5.95. The van der Waals surface area contributed by atoms with E-state index in [0.717, 1.165) is 32.4 Å². The number of methoxy groups -OCH3 is 1. The van der Waals surface area contributed by atoms with E-state index in [1.165, 1.54) is 7.11 Å². The van der Waals surface area contributed by atoms with Crippen LogP contribution in [0.3, 0.4) is 0 Å². The maximum Gasteiger partial charge on any atom is 0.338 e. The van der Waals surface area contributed by atoms with Crippen LogP contribution in [0.4, 0.5) is 4.79 Å². The molecule has 1 aromatic rings. The standard InChI is InChI=1S/C22H29N3O6/c1-4-30-21(27)19-14(2)23-22(28)24-20(19)15-8-9-16(17(12-15)29-3)31-13-18(26)25-10-6-5-7-11-25/h8-9,12,20H,4-7,10-11,13H2,1-3H3,(H2,23,24,28)/t20-/m1/s1. The first kappa shape index (κ1) is 22.5. The molecule has 2 heterocycles. The number of benzene rings is 1. The zero-order valence-electron chi connectivity index (χ0n) is 18.2. The van der Waals surface area contributed by atoms with E-state index in [4.69, 9.17) is 14.2 Å². The number of likely N-dealkylation sites (tertiary alicyclic amines) is 1. The Balaban J connectivity index is 1.79. The van der Waals surface area contributed by atoms with Crippen molar-refractivity contribution in [2.24, 2.45) is 0 Å². The van der Waals surface area contributed by atoms with Gasteiger partial charge in [0.2, 0.25) is 0 Å². The average Bonchev–Trinajstić information content (AvgIpc) is 2.77. The Morgan fingerprint density at radius 1 is 1.16 bits per heavy atom. The molecule has 0 radical (unpaired) electrons. The van der Waals surface area contributed by atoms with Crippen molar-refractivity contribution in [3.8, 4) is 11.5 Å². The summed E-state index contributed by atoms with van der Waals surface area (Å²) in [5.41, 5.74) is 1.37. The van der Waals surface area contributed by atoms with Crippen LogP contribution in [-0.4, -0.2) is 56.2 Å². The Bertz CT molecular complexity index is 876. The van der Waals surface area contributed by atoms with Gasteiger partial charge in [0.05, 0.1) is 25.3 Å². The number of hydrogen-bond donors (Lipinski definition) is 2. The van der Waals surface area contributed by atoms with Crippen LogP contribution >= 0.6 is 0 Å². The number of rotatable bonds is 7. The van der Waals surface area contributed by atoms with Gasteiger partial charge >= 0.3 is 12.0 Å². The van der Waals surface area contributed by atoms with E-state index in [9.17, 15) is 14.4 Å². The van der Waals surface area contributed by atoms with Crippen LogP contribution < -0.4 is 20.1 Å². The Hall–Kier alpha value is -3.23. The van der Waals surface area contributed by atoms with Crippen LogP contribution in [0, 0.1) is 0 Å². The minimum absolute atomic E-state index is 0.0559. The van der Waals surface area contributed by atoms with E-state index in [-0.39, 0.29) is 19.1 Å². The van der Waals surface area contributed by atoms with Crippen molar-refractivity contribution in [2.45, 2.75) is 39.2 Å². The average molecular weight is 431 g/mol. The van der Waals surface area contributed by atoms with Crippen LogP contribution in [0.5, 0.6) is 11.5 Å². The number of esters is 1. The Labute approximate surface area is 181 Å². The monoisotopic (exact) mass is 431 g/mol. The van der Waals surface area contributed by atoms with Gasteiger partial charge in [-0.1, -0.05) is 6.07 Å². The highest BCUT2D eigenvalue weighted by Gasteiger charge is 2.32. The lowest BCUT2D eigenvalue weighted by Crippen LogP contribution is -2.45. The summed E-state index contributed by atoms with van der Waals surface area (Å²) in [6.45, 7) is 5.03. The van der Waals surface area contributed by atoms with Crippen molar-refractivity contribution in [2.75, 3.05) is 33.4 Å². The second kappa shape index (κ2) is 10.2. The Kier molecular flexibility index (Phi) is 7.38. The van der Waals surface area contributed by atoms with E-state index >= 15 is 0 Å². The molecule has 0 unspecified atom stereocenters. The maximum atomic E-state index is 12.5. The van der Waals surface area contributed by atoms with E-state index in [1.54, 1.807) is 32.0 Å². The number of nitrogens with zero attached hydrogens (tertiary/aromatic N) is 1. The molecular formula is C22H29N3O6. The molecule has 1 aromatic carbocycles. The molecule has 1 fully saturated rings. The molecule has 0 aliphatic carbocycles. The molecule has 3 amide bonds. The van der Waals surface area contributed by atoms with Gasteiger partial charge in [-0.15, -0.1) is 0 Å². The van der Waals surface area contributed by atoms with Crippen molar-refractivity contribution in [1.29, 1.82) is 0 Å². The summed E-state index contributed by atoms with van der Waals surface area (Å²) in [5, 5.41) is 5.35. The Morgan fingerprint density at radius 3 is 2.58 bits per heavy atom. The number of carbonyl (C=O) groups excluding carboxylic acids is 3. The molecule has 9 nitrogen and oxygen atoms in total. The fraction of sp³-hybridized carbons (Fsp3) is 0.500. The highest BCUT2D eigenvalue weighted by Crippen LogP contribution is 2.34. The quantitative estimate of drug-likeness (QED) is 0.642. The van der Waals surface area contributed by atoms with Crippen LogP contribution in [0.15, 0.2) is 29.5 Å². The minimum Gasteiger partial charge on any atom is -0.493 e. The molecule has 31 heavy (non-hydrogen) atoms. The van der Waals surface area contributed by atoms with Crippen molar-refractivity contribution in [1.82, 2.24) is 15.5 Å². The molecule has 2 N–H and O–H groups in total. The summed E-state index contributed by atoms with van der Waals surface area (Å²) in [7, 11) is 1.49. The van der Waals surface area contributed by atoms with Gasteiger partial charge in [-0.05, 0) is 50.8 Å². The summed E-state index contributed by atoms with van der Waals surface area (Å²) >= 11 is 0. The maximum absolute atomic E-state index is 12.5. The first-order valence-electron chi connectivity index (χ1n) is 10.5. The molecule has 168 valence electrons. The van der Waals surface area contributed by atoms with Gasteiger partial charge in [-0.2, -0.15) is 0 Å². The number of allylic oxidation sites excluding steroid dienone is 1. The lowest BCUT2D eigenvalue weighted by Gasteiger charge is -2.28. The van der Waals surface area contributed by atoms with E-state index in [2.05, 4.69) is 10.6 Å². The number of piperidine rings is 1. The lowest BCUT2D eigenvalue weighted by atomic mass is 9.95. The molecule has 2 aliphatic heterocycles. The third-order valence-electron chi connectivity index (χ3n) is 5.35. The first-order valence-corrected chi connectivity index (χ1v) is 10.5. The topological polar surface area (TPSA) is 106 Å². The fourth-order valence-electron chi connectivity index (χ4n) is 3.78. The summed E-state index contributed by atoms with van der Waals surface area (Å²) in [5.74, 6) is 0.247. The fourth-order valence-corrected chi connectivity index (χ4v) is 3.78. The first-order chi connectivity index (χ1) is 14.9. The number of amides is 3. The zero-order valence-corrected chi connectivity index (χ0v) is 18.2. The van der Waals surface area contributed by atoms with Gasteiger partial charge < -0.3 is 29.7 Å². The molecule has 3 rings (SSSR count). The van der Waals surface area contributed by atoms with Crippen molar-refractivity contribution in [3.05, 3.63) is 35.0 Å². The largest absolute Gasteiger partial charge is 0.493 e. The molecule has 1 saturated heterocycles. The number of nitrogens with one attached hydrogen (secondary N) is 2. The van der Waals surface area contributed by atoms with Crippen LogP contribution in [0.25, 0.3) is 0 Å². The second-order valence-corrected chi connectivity index (χ2v) is 7.43. The predicted octanol–water partition coefficient (Wildman–Crippen LogP) is 2.28. The van der Waals surface area contributed by atoms with Crippen molar-refractivity contribution < 1.29 is 28.6 Å². The molecule has 9 heteroatoms. The third-order valence-corrected chi connectivity index (χ3v) is 5.35. The third kappa shape index (κ3) is 5.28. The van der Waals surface area contributed by atoms with Crippen LogP contribution in [0.1, 0.15) is 44.7 Å². The normalized spacial score (nSPS) is 18.7. The summed E-state index contributed by atoms with van der Waals surface area (Å²) in [6, 6.07) is 3.96. The molecular weight excluding hydrogens is 402 g/mol. The number of urea groups is 1. The van der Waals surface area contributed by atoms with Crippen LogP contribution in [-0.2, 0) is 14.3 Å². The molecule has 0 aromatic heterocycles. The van der Waals surface area contributed by atoms with Gasteiger partial charge in [0.1, 0.15) is 0 Å².